The summed E-state index contributed by atoms with van der Waals surface area (Å²) in [5.74, 6) is 0. The Balaban J connectivity index is 2.28. The van der Waals surface area contributed by atoms with Crippen LogP contribution in [-0.4, -0.2) is 7.05 Å². The summed E-state index contributed by atoms with van der Waals surface area (Å²) in [6.07, 6.45) is 1.09. The van der Waals surface area contributed by atoms with Crippen LogP contribution in [0.5, 0.6) is 0 Å². The van der Waals surface area contributed by atoms with Gasteiger partial charge in [-0.1, -0.05) is 31.2 Å². The van der Waals surface area contributed by atoms with Gasteiger partial charge in [0.25, 0.3) is 0 Å². The fourth-order valence-corrected chi connectivity index (χ4v) is 3.48. The summed E-state index contributed by atoms with van der Waals surface area (Å²) in [5.41, 5.74) is 2.70. The van der Waals surface area contributed by atoms with Crippen molar-refractivity contribution in [3.63, 3.8) is 0 Å². The third kappa shape index (κ3) is 2.97. The Hall–Kier alpha value is -0.640. The summed E-state index contributed by atoms with van der Waals surface area (Å²) in [7, 11) is 2.01. The van der Waals surface area contributed by atoms with E-state index in [1.807, 2.05) is 7.05 Å². The predicted molar refractivity (Wildman–Crippen MR) is 78.7 cm³/mol. The lowest BCUT2D eigenvalue weighted by atomic mass is 10.0. The molecule has 90 valence electrons. The zero-order chi connectivity index (χ0) is 12.3. The number of halogens is 1. The molecule has 1 aromatic carbocycles. The second-order valence-electron chi connectivity index (χ2n) is 3.98. The van der Waals surface area contributed by atoms with Gasteiger partial charge in [0.1, 0.15) is 0 Å². The van der Waals surface area contributed by atoms with Gasteiger partial charge in [-0.15, -0.1) is 11.3 Å². The molecule has 1 nitrogen and oxygen atoms in total. The molecule has 17 heavy (non-hydrogen) atoms. The van der Waals surface area contributed by atoms with Crippen molar-refractivity contribution in [3.8, 4) is 0 Å². The topological polar surface area (TPSA) is 12.0 Å². The van der Waals surface area contributed by atoms with Crippen molar-refractivity contribution >= 4 is 27.3 Å². The van der Waals surface area contributed by atoms with Crippen LogP contribution in [0.1, 0.15) is 29.0 Å². The summed E-state index contributed by atoms with van der Waals surface area (Å²) < 4.78 is 1.16. The molecule has 1 heterocycles. The first-order chi connectivity index (χ1) is 8.24. The zero-order valence-electron chi connectivity index (χ0n) is 10.0. The van der Waals surface area contributed by atoms with Gasteiger partial charge in [0.15, 0.2) is 0 Å². The Morgan fingerprint density at radius 2 is 2.00 bits per heavy atom. The fraction of sp³-hybridized carbons (Fsp3) is 0.286. The molecule has 2 rings (SSSR count). The van der Waals surface area contributed by atoms with Gasteiger partial charge in [-0.3, -0.25) is 0 Å². The highest BCUT2D eigenvalue weighted by Gasteiger charge is 2.13. The normalized spacial score (nSPS) is 12.6. The molecular weight excluding hydrogens is 294 g/mol. The van der Waals surface area contributed by atoms with Crippen LogP contribution in [0.2, 0.25) is 0 Å². The van der Waals surface area contributed by atoms with Crippen LogP contribution in [0, 0.1) is 0 Å². The van der Waals surface area contributed by atoms with Gasteiger partial charge in [-0.25, -0.2) is 0 Å². The van der Waals surface area contributed by atoms with Crippen molar-refractivity contribution in [3.05, 3.63) is 56.2 Å². The minimum atomic E-state index is 0.289. The lowest BCUT2D eigenvalue weighted by Gasteiger charge is -2.15. The Morgan fingerprint density at radius 3 is 2.47 bits per heavy atom. The Bertz CT molecular complexity index is 475. The van der Waals surface area contributed by atoms with E-state index in [0.717, 1.165) is 10.9 Å². The maximum atomic E-state index is 3.51. The molecule has 0 aliphatic rings. The number of rotatable bonds is 4. The lowest BCUT2D eigenvalue weighted by molar-refractivity contribution is 0.703. The van der Waals surface area contributed by atoms with Crippen LogP contribution in [0.3, 0.4) is 0 Å². The first kappa shape index (κ1) is 12.8. The quantitative estimate of drug-likeness (QED) is 0.883. The highest BCUT2D eigenvalue weighted by Crippen LogP contribution is 2.29. The Labute approximate surface area is 115 Å². The van der Waals surface area contributed by atoms with E-state index in [1.54, 1.807) is 11.3 Å². The Morgan fingerprint density at radius 1 is 1.29 bits per heavy atom. The second-order valence-corrected chi connectivity index (χ2v) is 5.84. The summed E-state index contributed by atoms with van der Waals surface area (Å²) in [6.45, 7) is 2.18. The van der Waals surface area contributed by atoms with Gasteiger partial charge in [-0.05, 0) is 46.6 Å². The number of benzene rings is 1. The molecule has 2 aromatic rings. The van der Waals surface area contributed by atoms with Crippen LogP contribution in [0.4, 0.5) is 0 Å². The predicted octanol–water partition coefficient (Wildman–Crippen LogP) is 4.38. The number of thiophene rings is 1. The zero-order valence-corrected chi connectivity index (χ0v) is 12.4. The molecule has 0 radical (unpaired) electrons. The van der Waals surface area contributed by atoms with E-state index in [2.05, 4.69) is 63.9 Å². The molecule has 0 fully saturated rings. The second kappa shape index (κ2) is 5.80. The molecular formula is C14H16BrNS. The molecule has 0 amide bonds. The molecule has 0 bridgehead atoms. The van der Waals surface area contributed by atoms with Gasteiger partial charge in [0, 0.05) is 14.7 Å². The SMILES string of the molecule is CCc1ccc(C(NC)c2cc(Br)cs2)cc1. The standard InChI is InChI=1S/C14H16BrNS/c1-3-10-4-6-11(7-5-10)14(16-2)13-8-12(15)9-17-13/h4-9,14,16H,3H2,1-2H3. The molecule has 1 N–H and O–H groups in total. The molecule has 1 atom stereocenters. The molecule has 0 spiro atoms. The Kier molecular flexibility index (Phi) is 4.37. The van der Waals surface area contributed by atoms with Crippen LogP contribution in [0.15, 0.2) is 40.2 Å². The maximum absolute atomic E-state index is 3.51. The number of nitrogens with one attached hydrogen (secondary N) is 1. The minimum absolute atomic E-state index is 0.289. The largest absolute Gasteiger partial charge is 0.309 e. The smallest absolute Gasteiger partial charge is 0.0669 e. The van der Waals surface area contributed by atoms with Gasteiger partial charge >= 0.3 is 0 Å². The lowest BCUT2D eigenvalue weighted by Crippen LogP contribution is -2.16. The highest BCUT2D eigenvalue weighted by atomic mass is 79.9. The van der Waals surface area contributed by atoms with Crippen molar-refractivity contribution < 1.29 is 0 Å². The van der Waals surface area contributed by atoms with E-state index in [9.17, 15) is 0 Å². The number of aryl methyl sites for hydroxylation is 1. The van der Waals surface area contributed by atoms with Crippen molar-refractivity contribution in [2.24, 2.45) is 0 Å². The van der Waals surface area contributed by atoms with E-state index in [1.165, 1.54) is 16.0 Å². The molecule has 0 aliphatic carbocycles. The average molecular weight is 310 g/mol. The maximum Gasteiger partial charge on any atom is 0.0669 e. The highest BCUT2D eigenvalue weighted by molar-refractivity contribution is 9.10. The van der Waals surface area contributed by atoms with Gasteiger partial charge in [-0.2, -0.15) is 0 Å². The molecule has 3 heteroatoms. The first-order valence-corrected chi connectivity index (χ1v) is 7.42. The van der Waals surface area contributed by atoms with E-state index in [-0.39, 0.29) is 6.04 Å². The summed E-state index contributed by atoms with van der Waals surface area (Å²) in [5, 5.41) is 5.50. The van der Waals surface area contributed by atoms with E-state index >= 15 is 0 Å². The van der Waals surface area contributed by atoms with Crippen molar-refractivity contribution in [1.29, 1.82) is 0 Å². The third-order valence-electron chi connectivity index (χ3n) is 2.88. The summed E-state index contributed by atoms with van der Waals surface area (Å²) >= 11 is 5.29. The number of hydrogen-bond acceptors (Lipinski definition) is 2. The van der Waals surface area contributed by atoms with Crippen LogP contribution >= 0.6 is 27.3 Å². The molecule has 0 aliphatic heterocycles. The van der Waals surface area contributed by atoms with Crippen molar-refractivity contribution in [1.82, 2.24) is 5.32 Å². The monoisotopic (exact) mass is 309 g/mol. The fourth-order valence-electron chi connectivity index (χ4n) is 1.90. The molecule has 0 saturated heterocycles. The van der Waals surface area contributed by atoms with Gasteiger partial charge < -0.3 is 5.32 Å². The third-order valence-corrected chi connectivity index (χ3v) is 4.64. The van der Waals surface area contributed by atoms with Gasteiger partial charge in [0.05, 0.1) is 6.04 Å². The summed E-state index contributed by atoms with van der Waals surface area (Å²) in [6, 6.07) is 11.3. The van der Waals surface area contributed by atoms with Crippen LogP contribution < -0.4 is 5.32 Å². The van der Waals surface area contributed by atoms with E-state index in [4.69, 9.17) is 0 Å². The average Bonchev–Trinajstić information content (AvgIpc) is 2.78. The van der Waals surface area contributed by atoms with Crippen molar-refractivity contribution in [2.75, 3.05) is 7.05 Å². The first-order valence-electron chi connectivity index (χ1n) is 5.74. The molecule has 0 saturated carbocycles. The van der Waals surface area contributed by atoms with Crippen LogP contribution in [0.25, 0.3) is 0 Å². The van der Waals surface area contributed by atoms with Crippen LogP contribution in [-0.2, 0) is 6.42 Å². The molecule has 1 unspecified atom stereocenters. The van der Waals surface area contributed by atoms with Gasteiger partial charge in [0.2, 0.25) is 0 Å². The van der Waals surface area contributed by atoms with E-state index in [0.29, 0.717) is 0 Å². The summed E-state index contributed by atoms with van der Waals surface area (Å²) in [4.78, 5) is 1.34. The van der Waals surface area contributed by atoms with Crippen molar-refractivity contribution in [2.45, 2.75) is 19.4 Å². The molecule has 1 aromatic heterocycles. The minimum Gasteiger partial charge on any atom is -0.309 e. The van der Waals surface area contributed by atoms with E-state index < -0.39 is 0 Å². The number of hydrogen-bond donors (Lipinski definition) is 1.